The second kappa shape index (κ2) is 8.63. The highest BCUT2D eigenvalue weighted by Gasteiger charge is 2.29. The Morgan fingerprint density at radius 3 is 2.72 bits per heavy atom. The fourth-order valence-corrected chi connectivity index (χ4v) is 4.10. The number of carboxylic acid groups (broad SMARTS) is 1. The first-order valence-electron chi connectivity index (χ1n) is 9.49. The van der Waals surface area contributed by atoms with Crippen molar-refractivity contribution in [1.82, 2.24) is 9.55 Å². The van der Waals surface area contributed by atoms with Crippen LogP contribution in [0.25, 0.3) is 0 Å². The quantitative estimate of drug-likeness (QED) is 0.410. The molecule has 0 spiro atoms. The summed E-state index contributed by atoms with van der Waals surface area (Å²) in [6.07, 6.45) is 6.03. The molecule has 3 rings (SSSR count). The van der Waals surface area contributed by atoms with E-state index in [4.69, 9.17) is 16.3 Å². The van der Waals surface area contributed by atoms with E-state index in [2.05, 4.69) is 48.3 Å². The van der Waals surface area contributed by atoms with E-state index in [0.717, 1.165) is 9.26 Å². The summed E-state index contributed by atoms with van der Waals surface area (Å²) in [6, 6.07) is 3.13. The number of hydrogen-bond acceptors (Lipinski definition) is 4. The molecule has 2 aromatic heterocycles. The summed E-state index contributed by atoms with van der Waals surface area (Å²) in [5.74, 6) is -0.0463. The minimum absolute atomic E-state index is 0.103. The number of halogens is 2. The zero-order valence-electron chi connectivity index (χ0n) is 16.6. The molecule has 1 fully saturated rings. The van der Waals surface area contributed by atoms with Gasteiger partial charge in [0.2, 0.25) is 0 Å². The molecule has 156 valence electrons. The second-order valence-corrected chi connectivity index (χ2v) is 9.92. The van der Waals surface area contributed by atoms with Gasteiger partial charge in [-0.1, -0.05) is 32.4 Å². The Bertz CT molecular complexity index is 980. The summed E-state index contributed by atoms with van der Waals surface area (Å²) in [7, 11) is 0. The van der Waals surface area contributed by atoms with E-state index in [-0.39, 0.29) is 17.0 Å². The fourth-order valence-electron chi connectivity index (χ4n) is 3.15. The van der Waals surface area contributed by atoms with Crippen LogP contribution in [0.2, 0.25) is 5.15 Å². The molecule has 0 aromatic carbocycles. The van der Waals surface area contributed by atoms with Gasteiger partial charge >= 0.3 is 5.97 Å². The number of carbonyl (C=O) groups is 1. The van der Waals surface area contributed by atoms with E-state index in [0.29, 0.717) is 29.8 Å². The van der Waals surface area contributed by atoms with Crippen LogP contribution in [0.4, 0.5) is 0 Å². The Morgan fingerprint density at radius 2 is 2.14 bits per heavy atom. The van der Waals surface area contributed by atoms with Crippen LogP contribution < -0.4 is 10.2 Å². The van der Waals surface area contributed by atoms with Gasteiger partial charge in [0, 0.05) is 24.5 Å². The van der Waals surface area contributed by atoms with Crippen LogP contribution in [-0.2, 0) is 6.42 Å². The number of carboxylic acids is 1. The van der Waals surface area contributed by atoms with E-state index in [1.807, 2.05) is 6.07 Å². The van der Waals surface area contributed by atoms with Crippen molar-refractivity contribution in [2.75, 3.05) is 6.61 Å². The molecular weight excluding hydrogens is 507 g/mol. The van der Waals surface area contributed by atoms with Gasteiger partial charge in [0.15, 0.2) is 16.3 Å². The topological polar surface area (TPSA) is 81.4 Å². The van der Waals surface area contributed by atoms with Gasteiger partial charge in [-0.2, -0.15) is 0 Å². The summed E-state index contributed by atoms with van der Waals surface area (Å²) in [4.78, 5) is 27.7. The molecular formula is C21H24ClIN2O4. The third-order valence-corrected chi connectivity index (χ3v) is 6.29. The molecule has 0 amide bonds. The maximum atomic E-state index is 11.9. The van der Waals surface area contributed by atoms with E-state index < -0.39 is 11.4 Å². The highest BCUT2D eigenvalue weighted by molar-refractivity contribution is 14.1. The van der Waals surface area contributed by atoms with Crippen LogP contribution in [0.5, 0.6) is 5.75 Å². The van der Waals surface area contributed by atoms with Crippen LogP contribution >= 0.6 is 34.2 Å². The Hall–Kier alpha value is -1.61. The van der Waals surface area contributed by atoms with Crippen LogP contribution in [0.15, 0.2) is 29.3 Å². The van der Waals surface area contributed by atoms with Crippen LogP contribution in [0.3, 0.4) is 0 Å². The standard InChI is InChI=1S/C21H24ClIN2O4/c1-21(2,3)17(25-7-6-15(26)14(10-25)20(27)28)9-13-8-16(18(22)24-19(13)23)29-11-12-4-5-12/h6-8,10,12,17H,4-5,9,11H2,1-3H3,(H,27,28). The van der Waals surface area contributed by atoms with Crippen molar-refractivity contribution in [3.63, 3.8) is 0 Å². The highest BCUT2D eigenvalue weighted by Crippen LogP contribution is 2.37. The van der Waals surface area contributed by atoms with Crippen LogP contribution in [0.1, 0.15) is 55.6 Å². The maximum Gasteiger partial charge on any atom is 0.341 e. The highest BCUT2D eigenvalue weighted by atomic mass is 127. The molecule has 2 aromatic rings. The molecule has 6 nitrogen and oxygen atoms in total. The molecule has 0 saturated heterocycles. The largest absolute Gasteiger partial charge is 0.490 e. The monoisotopic (exact) mass is 530 g/mol. The molecule has 1 saturated carbocycles. The smallest absolute Gasteiger partial charge is 0.341 e. The molecule has 29 heavy (non-hydrogen) atoms. The van der Waals surface area contributed by atoms with Gasteiger partial charge in [0.05, 0.1) is 6.61 Å². The zero-order chi connectivity index (χ0) is 21.3. The van der Waals surface area contributed by atoms with Gasteiger partial charge in [-0.3, -0.25) is 4.79 Å². The second-order valence-electron chi connectivity index (χ2n) is 8.54. The predicted molar refractivity (Wildman–Crippen MR) is 120 cm³/mol. The molecule has 2 heterocycles. The number of nitrogens with zero attached hydrogens (tertiary/aromatic N) is 2. The van der Waals surface area contributed by atoms with Crippen molar-refractivity contribution in [1.29, 1.82) is 0 Å². The number of aromatic carboxylic acids is 1. The summed E-state index contributed by atoms with van der Waals surface area (Å²) in [5.41, 5.74) is 0.0260. The number of rotatable bonds is 7. The lowest BCUT2D eigenvalue weighted by molar-refractivity contribution is 0.0693. The molecule has 1 unspecified atom stereocenters. The lowest BCUT2D eigenvalue weighted by Gasteiger charge is -2.33. The SMILES string of the molecule is CC(C)(C)C(Cc1cc(OCC2CC2)c(Cl)nc1I)n1ccc(=O)c(C(=O)O)c1. The first-order valence-corrected chi connectivity index (χ1v) is 10.9. The normalized spacial score (nSPS) is 15.2. The molecule has 1 aliphatic carbocycles. The Kier molecular flexibility index (Phi) is 6.57. The van der Waals surface area contributed by atoms with Crippen molar-refractivity contribution < 1.29 is 14.6 Å². The number of pyridine rings is 2. The average molecular weight is 531 g/mol. The Morgan fingerprint density at radius 1 is 1.45 bits per heavy atom. The number of hydrogen-bond donors (Lipinski definition) is 1. The zero-order valence-corrected chi connectivity index (χ0v) is 19.5. The van der Waals surface area contributed by atoms with E-state index in [1.165, 1.54) is 25.1 Å². The van der Waals surface area contributed by atoms with Gasteiger partial charge in [-0.05, 0) is 64.8 Å². The first kappa shape index (κ1) is 22.1. The van der Waals surface area contributed by atoms with E-state index in [9.17, 15) is 14.7 Å². The molecule has 0 aliphatic heterocycles. The minimum Gasteiger partial charge on any atom is -0.490 e. The van der Waals surface area contributed by atoms with Gasteiger partial charge in [-0.15, -0.1) is 0 Å². The van der Waals surface area contributed by atoms with Crippen molar-refractivity contribution in [2.45, 2.75) is 46.1 Å². The fraction of sp³-hybridized carbons (Fsp3) is 0.476. The maximum absolute atomic E-state index is 11.9. The lowest BCUT2D eigenvalue weighted by atomic mass is 9.83. The van der Waals surface area contributed by atoms with Crippen LogP contribution in [0, 0.1) is 15.0 Å². The minimum atomic E-state index is -1.23. The van der Waals surface area contributed by atoms with Crippen molar-refractivity contribution in [3.05, 3.63) is 54.7 Å². The molecule has 8 heteroatoms. The van der Waals surface area contributed by atoms with Gasteiger partial charge in [0.25, 0.3) is 0 Å². The van der Waals surface area contributed by atoms with Crippen LogP contribution in [-0.4, -0.2) is 27.2 Å². The predicted octanol–water partition coefficient (Wildman–Crippen LogP) is 4.82. The molecule has 0 bridgehead atoms. The molecule has 1 atom stereocenters. The van der Waals surface area contributed by atoms with Gasteiger partial charge < -0.3 is 14.4 Å². The summed E-state index contributed by atoms with van der Waals surface area (Å²) in [5, 5.41) is 9.68. The Labute approximate surface area is 188 Å². The van der Waals surface area contributed by atoms with Crippen molar-refractivity contribution in [3.8, 4) is 5.75 Å². The average Bonchev–Trinajstić information content (AvgIpc) is 3.44. The van der Waals surface area contributed by atoms with Gasteiger partial charge in [-0.25, -0.2) is 9.78 Å². The third-order valence-electron chi connectivity index (χ3n) is 5.09. The summed E-state index contributed by atoms with van der Waals surface area (Å²) in [6.45, 7) is 6.89. The molecule has 1 aliphatic rings. The number of ether oxygens (including phenoxy) is 1. The molecule has 1 N–H and O–H groups in total. The lowest BCUT2D eigenvalue weighted by Crippen LogP contribution is -2.29. The third kappa shape index (κ3) is 5.51. The van der Waals surface area contributed by atoms with E-state index in [1.54, 1.807) is 10.8 Å². The summed E-state index contributed by atoms with van der Waals surface area (Å²) < 4.78 is 8.46. The summed E-state index contributed by atoms with van der Waals surface area (Å²) >= 11 is 8.43. The van der Waals surface area contributed by atoms with Crippen molar-refractivity contribution >= 4 is 40.2 Å². The first-order chi connectivity index (χ1) is 13.6. The molecule has 0 radical (unpaired) electrons. The number of aromatic nitrogens is 2. The van der Waals surface area contributed by atoms with Gasteiger partial charge in [0.1, 0.15) is 9.26 Å². The van der Waals surface area contributed by atoms with Crippen molar-refractivity contribution in [2.24, 2.45) is 11.3 Å². The Balaban J connectivity index is 1.95. The van der Waals surface area contributed by atoms with E-state index >= 15 is 0 Å².